The molecular formula is C18H19ClN2O3. The summed E-state index contributed by atoms with van der Waals surface area (Å²) in [5, 5.41) is 3.04. The van der Waals surface area contributed by atoms with E-state index in [-0.39, 0.29) is 0 Å². The second kappa shape index (κ2) is 7.84. The first-order valence-electron chi connectivity index (χ1n) is 7.40. The van der Waals surface area contributed by atoms with Crippen LogP contribution in [-0.4, -0.2) is 25.0 Å². The number of methoxy groups -OCH3 is 1. The lowest BCUT2D eigenvalue weighted by Crippen LogP contribution is -2.43. The Morgan fingerprint density at radius 1 is 1.21 bits per heavy atom. The summed E-state index contributed by atoms with van der Waals surface area (Å²) in [6.45, 7) is 1.79. The van der Waals surface area contributed by atoms with Crippen LogP contribution in [0.3, 0.4) is 0 Å². The monoisotopic (exact) mass is 346 g/mol. The number of esters is 1. The number of nitrogens with two attached hydrogens (primary N) is 1. The van der Waals surface area contributed by atoms with Gasteiger partial charge in [-0.05, 0) is 36.2 Å². The zero-order valence-electron chi connectivity index (χ0n) is 13.5. The maximum Gasteiger partial charge on any atom is 0.328 e. The van der Waals surface area contributed by atoms with Gasteiger partial charge in [0.1, 0.15) is 6.04 Å². The average Bonchev–Trinajstić information content (AvgIpc) is 2.55. The van der Waals surface area contributed by atoms with Crippen molar-refractivity contribution in [3.8, 4) is 0 Å². The van der Waals surface area contributed by atoms with Crippen molar-refractivity contribution in [2.75, 3.05) is 12.8 Å². The molecule has 0 spiro atoms. The number of carbonyl (C=O) groups is 2. The molecule has 1 unspecified atom stereocenters. The molecule has 0 saturated carbocycles. The van der Waals surface area contributed by atoms with Crippen LogP contribution in [0.4, 0.5) is 5.69 Å². The Kier molecular flexibility index (Phi) is 5.82. The molecule has 0 radical (unpaired) electrons. The maximum absolute atomic E-state index is 12.5. The van der Waals surface area contributed by atoms with E-state index in [4.69, 9.17) is 22.1 Å². The summed E-state index contributed by atoms with van der Waals surface area (Å²) in [7, 11) is 1.28. The molecule has 0 bridgehead atoms. The number of nitrogen functional groups attached to an aromatic ring is 1. The van der Waals surface area contributed by atoms with Gasteiger partial charge in [0.15, 0.2) is 0 Å². The lowest BCUT2D eigenvalue weighted by molar-refractivity contribution is -0.142. The average molecular weight is 347 g/mol. The second-order valence-corrected chi connectivity index (χ2v) is 5.83. The predicted molar refractivity (Wildman–Crippen MR) is 94.0 cm³/mol. The number of ether oxygens (including phenoxy) is 1. The standard InChI is InChI=1S/C18H19ClN2O3/c1-11-4-3-5-14(19)16(11)17(22)21-15(18(23)24-2)10-12-6-8-13(20)9-7-12/h3-9,15H,10,20H2,1-2H3,(H,21,22). The fourth-order valence-electron chi connectivity index (χ4n) is 2.37. The van der Waals surface area contributed by atoms with Gasteiger partial charge in [-0.3, -0.25) is 4.79 Å². The third-order valence-electron chi connectivity index (χ3n) is 3.66. The van der Waals surface area contributed by atoms with E-state index in [9.17, 15) is 9.59 Å². The van der Waals surface area contributed by atoms with Crippen molar-refractivity contribution < 1.29 is 14.3 Å². The van der Waals surface area contributed by atoms with Crippen LogP contribution in [0.5, 0.6) is 0 Å². The lowest BCUT2D eigenvalue weighted by Gasteiger charge is -2.18. The SMILES string of the molecule is COC(=O)C(Cc1ccc(N)cc1)NC(=O)c1c(C)cccc1Cl. The third kappa shape index (κ3) is 4.26. The molecule has 0 aliphatic heterocycles. The molecule has 2 rings (SSSR count). The van der Waals surface area contributed by atoms with Crippen molar-refractivity contribution in [3.63, 3.8) is 0 Å². The summed E-state index contributed by atoms with van der Waals surface area (Å²) in [4.78, 5) is 24.6. The molecule has 0 aromatic heterocycles. The Balaban J connectivity index is 2.21. The van der Waals surface area contributed by atoms with Gasteiger partial charge < -0.3 is 15.8 Å². The first-order valence-corrected chi connectivity index (χ1v) is 7.78. The molecule has 1 atom stereocenters. The highest BCUT2D eigenvalue weighted by molar-refractivity contribution is 6.34. The summed E-state index contributed by atoms with van der Waals surface area (Å²) >= 11 is 6.11. The number of nitrogens with one attached hydrogen (secondary N) is 1. The zero-order chi connectivity index (χ0) is 17.7. The van der Waals surface area contributed by atoms with Crippen molar-refractivity contribution in [2.45, 2.75) is 19.4 Å². The van der Waals surface area contributed by atoms with Crippen LogP contribution in [0.25, 0.3) is 0 Å². The minimum atomic E-state index is -0.818. The first kappa shape index (κ1) is 17.8. The van der Waals surface area contributed by atoms with E-state index in [2.05, 4.69) is 5.32 Å². The molecule has 2 aromatic rings. The number of hydrogen-bond donors (Lipinski definition) is 2. The van der Waals surface area contributed by atoms with Gasteiger partial charge in [-0.15, -0.1) is 0 Å². The molecule has 0 heterocycles. The summed E-state index contributed by atoms with van der Waals surface area (Å²) in [5.74, 6) is -0.936. The van der Waals surface area contributed by atoms with E-state index in [1.54, 1.807) is 49.4 Å². The Morgan fingerprint density at radius 3 is 2.46 bits per heavy atom. The second-order valence-electron chi connectivity index (χ2n) is 5.43. The van der Waals surface area contributed by atoms with E-state index in [1.807, 2.05) is 0 Å². The van der Waals surface area contributed by atoms with Crippen molar-refractivity contribution in [3.05, 3.63) is 64.2 Å². The Hall–Kier alpha value is -2.53. The van der Waals surface area contributed by atoms with Crippen LogP contribution in [0.15, 0.2) is 42.5 Å². The molecule has 2 aromatic carbocycles. The van der Waals surface area contributed by atoms with Crippen molar-refractivity contribution in [1.29, 1.82) is 0 Å². The number of anilines is 1. The van der Waals surface area contributed by atoms with Gasteiger partial charge in [0.2, 0.25) is 0 Å². The van der Waals surface area contributed by atoms with Crippen LogP contribution in [0, 0.1) is 6.92 Å². The van der Waals surface area contributed by atoms with Crippen molar-refractivity contribution in [2.24, 2.45) is 0 Å². The molecule has 6 heteroatoms. The normalized spacial score (nSPS) is 11.6. The number of hydrogen-bond acceptors (Lipinski definition) is 4. The lowest BCUT2D eigenvalue weighted by atomic mass is 10.0. The first-order chi connectivity index (χ1) is 11.4. The number of rotatable bonds is 5. The number of aryl methyl sites for hydroxylation is 1. The van der Waals surface area contributed by atoms with E-state index in [1.165, 1.54) is 7.11 Å². The highest BCUT2D eigenvalue weighted by Crippen LogP contribution is 2.19. The molecule has 0 aliphatic carbocycles. The molecule has 0 aliphatic rings. The number of carbonyl (C=O) groups excluding carboxylic acids is 2. The van der Waals surface area contributed by atoms with Gasteiger partial charge in [0.25, 0.3) is 5.91 Å². The van der Waals surface area contributed by atoms with Gasteiger partial charge in [0, 0.05) is 12.1 Å². The van der Waals surface area contributed by atoms with Gasteiger partial charge in [-0.2, -0.15) is 0 Å². The minimum absolute atomic E-state index is 0.294. The minimum Gasteiger partial charge on any atom is -0.467 e. The third-order valence-corrected chi connectivity index (χ3v) is 3.97. The quantitative estimate of drug-likeness (QED) is 0.644. The topological polar surface area (TPSA) is 81.4 Å². The van der Waals surface area contributed by atoms with Crippen LogP contribution < -0.4 is 11.1 Å². The van der Waals surface area contributed by atoms with E-state index in [0.29, 0.717) is 22.7 Å². The predicted octanol–water partition coefficient (Wildman–Crippen LogP) is 2.74. The summed E-state index contributed by atoms with van der Waals surface area (Å²) in [5.41, 5.74) is 8.23. The molecule has 3 N–H and O–H groups in total. The number of halogens is 1. The Bertz CT molecular complexity index is 724. The molecule has 0 saturated heterocycles. The van der Waals surface area contributed by atoms with Crippen molar-refractivity contribution in [1.82, 2.24) is 5.32 Å². The highest BCUT2D eigenvalue weighted by atomic mass is 35.5. The highest BCUT2D eigenvalue weighted by Gasteiger charge is 2.24. The molecular weight excluding hydrogens is 328 g/mol. The molecule has 24 heavy (non-hydrogen) atoms. The van der Waals surface area contributed by atoms with Crippen LogP contribution in [0.1, 0.15) is 21.5 Å². The zero-order valence-corrected chi connectivity index (χ0v) is 14.3. The maximum atomic E-state index is 12.5. The largest absolute Gasteiger partial charge is 0.467 e. The Morgan fingerprint density at radius 2 is 1.88 bits per heavy atom. The van der Waals surface area contributed by atoms with E-state index < -0.39 is 17.9 Å². The molecule has 1 amide bonds. The number of benzene rings is 2. The molecule has 126 valence electrons. The van der Waals surface area contributed by atoms with Crippen molar-refractivity contribution >= 4 is 29.2 Å². The van der Waals surface area contributed by atoms with Crippen LogP contribution in [-0.2, 0) is 16.0 Å². The smallest absolute Gasteiger partial charge is 0.328 e. The molecule has 5 nitrogen and oxygen atoms in total. The Labute approximate surface area is 145 Å². The summed E-state index contributed by atoms with van der Waals surface area (Å²) in [6.07, 6.45) is 0.294. The van der Waals surface area contributed by atoms with E-state index in [0.717, 1.165) is 11.1 Å². The number of amides is 1. The van der Waals surface area contributed by atoms with Gasteiger partial charge in [-0.1, -0.05) is 35.9 Å². The van der Waals surface area contributed by atoms with Crippen LogP contribution >= 0.6 is 11.6 Å². The van der Waals surface area contributed by atoms with E-state index >= 15 is 0 Å². The fourth-order valence-corrected chi connectivity index (χ4v) is 2.68. The van der Waals surface area contributed by atoms with Crippen LogP contribution in [0.2, 0.25) is 5.02 Å². The summed E-state index contributed by atoms with van der Waals surface area (Å²) < 4.78 is 4.79. The summed E-state index contributed by atoms with van der Waals surface area (Å²) in [6, 6.07) is 11.5. The van der Waals surface area contributed by atoms with Gasteiger partial charge in [-0.25, -0.2) is 4.79 Å². The van der Waals surface area contributed by atoms with Gasteiger partial charge >= 0.3 is 5.97 Å². The van der Waals surface area contributed by atoms with Gasteiger partial charge in [0.05, 0.1) is 17.7 Å². The molecule has 0 fully saturated rings. The fraction of sp³-hybridized carbons (Fsp3) is 0.222.